The highest BCUT2D eigenvalue weighted by Crippen LogP contribution is 2.31. The van der Waals surface area contributed by atoms with Crippen LogP contribution in [-0.2, 0) is 4.84 Å². The van der Waals surface area contributed by atoms with Crippen molar-refractivity contribution in [3.8, 4) is 0 Å². The molecule has 0 fully saturated rings. The van der Waals surface area contributed by atoms with E-state index in [1.807, 2.05) is 19.1 Å². The van der Waals surface area contributed by atoms with Crippen LogP contribution in [0, 0.1) is 5.92 Å². The van der Waals surface area contributed by atoms with Crippen LogP contribution in [0.4, 0.5) is 0 Å². The fourth-order valence-corrected chi connectivity index (χ4v) is 3.64. The van der Waals surface area contributed by atoms with E-state index < -0.39 is 0 Å². The summed E-state index contributed by atoms with van der Waals surface area (Å²) in [6, 6.07) is 4.05. The normalized spacial score (nSPS) is 19.8. The minimum atomic E-state index is 0.310. The Labute approximate surface area is 125 Å². The molecule has 2 rings (SSSR count). The molecular weight excluding hydrogens is 304 g/mol. The van der Waals surface area contributed by atoms with Gasteiger partial charge in [-0.15, -0.1) is 11.3 Å². The smallest absolute Gasteiger partial charge is 0.339 e. The van der Waals surface area contributed by atoms with E-state index in [-0.39, 0.29) is 0 Å². The standard InChI is InChI=1S/C11H15ClN4OS2/c1-3-8-6-16(14-7(8)2)11(17-13)15-19-10-5-4-9(12)18-10/h4-5,8H,3,6,13H2,1-2H3/b15-11-. The van der Waals surface area contributed by atoms with Crippen LogP contribution in [0.2, 0.25) is 4.34 Å². The van der Waals surface area contributed by atoms with Crippen molar-refractivity contribution in [3.63, 3.8) is 0 Å². The predicted octanol–water partition coefficient (Wildman–Crippen LogP) is 3.37. The third kappa shape index (κ3) is 3.62. The molecular formula is C11H15ClN4OS2. The summed E-state index contributed by atoms with van der Waals surface area (Å²) in [7, 11) is 0. The lowest BCUT2D eigenvalue weighted by atomic mass is 10.0. The first kappa shape index (κ1) is 14.6. The van der Waals surface area contributed by atoms with Crippen molar-refractivity contribution in [2.45, 2.75) is 24.5 Å². The molecule has 1 unspecified atom stereocenters. The number of hydrogen-bond donors (Lipinski definition) is 1. The van der Waals surface area contributed by atoms with Crippen molar-refractivity contribution in [2.24, 2.45) is 21.3 Å². The van der Waals surface area contributed by atoms with Gasteiger partial charge in [-0.1, -0.05) is 18.5 Å². The molecule has 0 saturated heterocycles. The Morgan fingerprint density at radius 1 is 1.74 bits per heavy atom. The van der Waals surface area contributed by atoms with Crippen LogP contribution in [-0.4, -0.2) is 23.3 Å². The van der Waals surface area contributed by atoms with Crippen LogP contribution in [0.1, 0.15) is 20.3 Å². The minimum Gasteiger partial charge on any atom is -0.371 e. The monoisotopic (exact) mass is 318 g/mol. The number of halogens is 1. The Kier molecular flexibility index (Phi) is 5.09. The Morgan fingerprint density at radius 2 is 2.53 bits per heavy atom. The van der Waals surface area contributed by atoms with Crippen LogP contribution in [0.25, 0.3) is 0 Å². The Balaban J connectivity index is 2.04. The summed E-state index contributed by atoms with van der Waals surface area (Å²) in [5.74, 6) is 5.71. The average molecular weight is 319 g/mol. The molecule has 1 aliphatic heterocycles. The van der Waals surface area contributed by atoms with Gasteiger partial charge in [0.05, 0.1) is 15.1 Å². The van der Waals surface area contributed by atoms with Crippen LogP contribution >= 0.6 is 34.9 Å². The molecule has 0 saturated carbocycles. The molecule has 1 aromatic heterocycles. The Bertz CT molecular complexity index is 503. The highest BCUT2D eigenvalue weighted by Gasteiger charge is 2.26. The van der Waals surface area contributed by atoms with E-state index >= 15 is 0 Å². The third-order valence-electron chi connectivity index (χ3n) is 2.84. The van der Waals surface area contributed by atoms with Gasteiger partial charge in [0.2, 0.25) is 0 Å². The maximum atomic E-state index is 5.86. The summed E-state index contributed by atoms with van der Waals surface area (Å²) in [5, 5.41) is 6.11. The zero-order chi connectivity index (χ0) is 13.8. The largest absolute Gasteiger partial charge is 0.371 e. The number of hydrazone groups is 1. The van der Waals surface area contributed by atoms with E-state index in [1.165, 1.54) is 23.3 Å². The quantitative estimate of drug-likeness (QED) is 0.402. The molecule has 0 aromatic carbocycles. The molecule has 1 aliphatic rings. The van der Waals surface area contributed by atoms with Crippen molar-refractivity contribution < 1.29 is 4.84 Å². The van der Waals surface area contributed by atoms with E-state index in [1.54, 1.807) is 5.01 Å². The van der Waals surface area contributed by atoms with E-state index in [0.29, 0.717) is 11.9 Å². The maximum Gasteiger partial charge on any atom is 0.339 e. The van der Waals surface area contributed by atoms with Gasteiger partial charge in [0, 0.05) is 23.6 Å². The van der Waals surface area contributed by atoms with Gasteiger partial charge in [-0.05, 0) is 25.5 Å². The van der Waals surface area contributed by atoms with Gasteiger partial charge in [-0.3, -0.25) is 0 Å². The lowest BCUT2D eigenvalue weighted by molar-refractivity contribution is 0.244. The molecule has 0 amide bonds. The predicted molar refractivity (Wildman–Crippen MR) is 81.5 cm³/mol. The molecule has 0 bridgehead atoms. The van der Waals surface area contributed by atoms with Gasteiger partial charge in [0.25, 0.3) is 0 Å². The molecule has 8 heteroatoms. The van der Waals surface area contributed by atoms with Gasteiger partial charge in [0.1, 0.15) is 0 Å². The van der Waals surface area contributed by atoms with Crippen LogP contribution in [0.3, 0.4) is 0 Å². The molecule has 1 aromatic rings. The zero-order valence-corrected chi connectivity index (χ0v) is 13.1. The van der Waals surface area contributed by atoms with Crippen LogP contribution in [0.15, 0.2) is 25.8 Å². The van der Waals surface area contributed by atoms with Gasteiger partial charge in [0.15, 0.2) is 0 Å². The number of rotatable bonds is 3. The number of nitrogens with two attached hydrogens (primary N) is 1. The summed E-state index contributed by atoms with van der Waals surface area (Å²) in [6.07, 6.45) is 1.04. The second-order valence-corrected chi connectivity index (χ2v) is 6.85. The number of nitrogens with zero attached hydrogens (tertiary/aromatic N) is 3. The van der Waals surface area contributed by atoms with Crippen molar-refractivity contribution in [3.05, 3.63) is 16.5 Å². The summed E-state index contributed by atoms with van der Waals surface area (Å²) in [4.78, 5) is 4.82. The van der Waals surface area contributed by atoms with Crippen LogP contribution in [0.5, 0.6) is 0 Å². The zero-order valence-electron chi connectivity index (χ0n) is 10.7. The van der Waals surface area contributed by atoms with E-state index in [4.69, 9.17) is 22.3 Å². The number of amidine groups is 1. The van der Waals surface area contributed by atoms with Gasteiger partial charge < -0.3 is 4.84 Å². The summed E-state index contributed by atoms with van der Waals surface area (Å²) < 4.78 is 5.98. The molecule has 0 radical (unpaired) electrons. The Hall–Kier alpha value is -0.760. The molecule has 1 atom stereocenters. The molecule has 19 heavy (non-hydrogen) atoms. The van der Waals surface area contributed by atoms with Gasteiger partial charge in [-0.2, -0.15) is 15.4 Å². The molecule has 2 N–H and O–H groups in total. The average Bonchev–Trinajstić information content (AvgIpc) is 2.96. The highest BCUT2D eigenvalue weighted by molar-refractivity contribution is 8.00. The first-order valence-corrected chi connectivity index (χ1v) is 7.80. The molecule has 5 nitrogen and oxygen atoms in total. The first-order valence-electron chi connectivity index (χ1n) is 5.83. The minimum absolute atomic E-state index is 0.310. The molecule has 2 heterocycles. The lowest BCUT2D eigenvalue weighted by Gasteiger charge is -2.14. The Morgan fingerprint density at radius 3 is 3.05 bits per heavy atom. The van der Waals surface area contributed by atoms with Gasteiger partial charge in [-0.25, -0.2) is 5.01 Å². The highest BCUT2D eigenvalue weighted by atomic mass is 35.5. The van der Waals surface area contributed by atoms with Gasteiger partial charge >= 0.3 is 6.02 Å². The second-order valence-electron chi connectivity index (χ2n) is 4.07. The molecule has 104 valence electrons. The van der Waals surface area contributed by atoms with Crippen molar-refractivity contribution >= 4 is 46.6 Å². The first-order chi connectivity index (χ1) is 9.13. The third-order valence-corrected chi connectivity index (χ3v) is 4.91. The van der Waals surface area contributed by atoms with E-state index in [9.17, 15) is 0 Å². The number of hydrogen-bond acceptors (Lipinski definition) is 6. The molecule has 0 spiro atoms. The fourth-order valence-electron chi connectivity index (χ4n) is 1.76. The topological polar surface area (TPSA) is 63.2 Å². The van der Waals surface area contributed by atoms with Crippen LogP contribution < -0.4 is 5.90 Å². The summed E-state index contributed by atoms with van der Waals surface area (Å²) in [6.45, 7) is 4.90. The summed E-state index contributed by atoms with van der Waals surface area (Å²) in [5.41, 5.74) is 1.08. The second kappa shape index (κ2) is 6.60. The maximum absolute atomic E-state index is 5.86. The SMILES string of the molecule is CCC1CN(/C(=N/Sc2ccc(Cl)s2)ON)N=C1C. The number of thiophene rings is 1. The fraction of sp³-hybridized carbons (Fsp3) is 0.455. The van der Waals surface area contributed by atoms with E-state index in [2.05, 4.69) is 16.4 Å². The summed E-state index contributed by atoms with van der Waals surface area (Å²) >= 11 is 8.60. The van der Waals surface area contributed by atoms with Crippen molar-refractivity contribution in [1.29, 1.82) is 0 Å². The molecule has 0 aliphatic carbocycles. The lowest BCUT2D eigenvalue weighted by Crippen LogP contribution is -2.30. The van der Waals surface area contributed by atoms with E-state index in [0.717, 1.165) is 27.2 Å². The van der Waals surface area contributed by atoms with Crippen molar-refractivity contribution in [1.82, 2.24) is 5.01 Å². The van der Waals surface area contributed by atoms with Crippen molar-refractivity contribution in [2.75, 3.05) is 6.54 Å².